The first-order valence-corrected chi connectivity index (χ1v) is 16.1. The second-order valence-corrected chi connectivity index (χ2v) is 15.8. The standard InChI is InChI=1S/C37H36O2S2/c1-35(2)20-36(3,4)22-37(21-35)29-10-7-6-9-25(29)34-28-18-32(41-33-11-8-16-40-33)26(17-27(28)31(38)19-30(34)37)23-12-14-24(39-5)15-13-23/h6-19,38H,20-22H2,1-5H3. The molecule has 0 amide bonds. The van der Waals surface area contributed by atoms with Crippen LogP contribution in [0.4, 0.5) is 0 Å². The Balaban J connectivity index is 1.52. The highest BCUT2D eigenvalue weighted by molar-refractivity contribution is 8.01. The summed E-state index contributed by atoms with van der Waals surface area (Å²) in [4.78, 5) is 1.20. The maximum atomic E-state index is 11.8. The van der Waals surface area contributed by atoms with Crippen molar-refractivity contribution >= 4 is 33.9 Å². The van der Waals surface area contributed by atoms with Gasteiger partial charge in [0.25, 0.3) is 0 Å². The van der Waals surface area contributed by atoms with E-state index in [0.29, 0.717) is 5.75 Å². The first-order valence-electron chi connectivity index (χ1n) is 14.4. The maximum absolute atomic E-state index is 11.8. The largest absolute Gasteiger partial charge is 0.507 e. The number of ether oxygens (including phenoxy) is 1. The average molecular weight is 577 g/mol. The number of rotatable bonds is 4. The van der Waals surface area contributed by atoms with Crippen molar-refractivity contribution in [1.82, 2.24) is 0 Å². The van der Waals surface area contributed by atoms with Crippen LogP contribution in [0.2, 0.25) is 0 Å². The van der Waals surface area contributed by atoms with Gasteiger partial charge in [-0.3, -0.25) is 0 Å². The molecule has 208 valence electrons. The summed E-state index contributed by atoms with van der Waals surface area (Å²) in [5, 5.41) is 15.9. The van der Waals surface area contributed by atoms with Gasteiger partial charge in [0.1, 0.15) is 11.5 Å². The molecule has 1 heterocycles. The second kappa shape index (κ2) is 9.40. The molecule has 1 spiro atoms. The third-order valence-electron chi connectivity index (χ3n) is 9.07. The van der Waals surface area contributed by atoms with E-state index in [9.17, 15) is 5.11 Å². The van der Waals surface area contributed by atoms with E-state index in [1.807, 2.05) is 12.1 Å². The van der Waals surface area contributed by atoms with Gasteiger partial charge in [-0.2, -0.15) is 0 Å². The SMILES string of the molecule is COc1ccc(-c2cc3c(O)cc4c(c3cc2Sc2cccs2)-c2ccccc2C42CC(C)(C)CC(C)(C)C2)cc1. The van der Waals surface area contributed by atoms with Crippen LogP contribution < -0.4 is 4.74 Å². The van der Waals surface area contributed by atoms with Gasteiger partial charge in [-0.05, 0) is 111 Å². The van der Waals surface area contributed by atoms with Crippen molar-refractivity contribution in [1.29, 1.82) is 0 Å². The van der Waals surface area contributed by atoms with Gasteiger partial charge in [0.05, 0.1) is 11.3 Å². The van der Waals surface area contributed by atoms with Gasteiger partial charge in [0, 0.05) is 15.7 Å². The lowest BCUT2D eigenvalue weighted by Crippen LogP contribution is -2.43. The number of methoxy groups -OCH3 is 1. The fraction of sp³-hybridized carbons (Fsp3) is 0.297. The van der Waals surface area contributed by atoms with Crippen molar-refractivity contribution in [3.63, 3.8) is 0 Å². The molecule has 0 aliphatic heterocycles. The van der Waals surface area contributed by atoms with E-state index in [1.165, 1.54) is 37.8 Å². The van der Waals surface area contributed by atoms with Gasteiger partial charge >= 0.3 is 0 Å². The molecule has 5 aromatic rings. The smallest absolute Gasteiger partial charge is 0.123 e. The van der Waals surface area contributed by atoms with Gasteiger partial charge in [-0.15, -0.1) is 11.3 Å². The molecule has 1 saturated carbocycles. The quantitative estimate of drug-likeness (QED) is 0.231. The molecular weight excluding hydrogens is 541 g/mol. The molecule has 0 unspecified atom stereocenters. The Morgan fingerprint density at radius 1 is 0.756 bits per heavy atom. The summed E-state index contributed by atoms with van der Waals surface area (Å²) in [5.41, 5.74) is 7.86. The van der Waals surface area contributed by atoms with Gasteiger partial charge in [0.15, 0.2) is 0 Å². The van der Waals surface area contributed by atoms with Crippen LogP contribution in [-0.4, -0.2) is 12.2 Å². The number of hydrogen-bond acceptors (Lipinski definition) is 4. The topological polar surface area (TPSA) is 29.5 Å². The molecule has 2 aliphatic carbocycles. The summed E-state index contributed by atoms with van der Waals surface area (Å²) in [6, 6.07) is 28.2. The van der Waals surface area contributed by atoms with E-state index >= 15 is 0 Å². The molecule has 1 aromatic heterocycles. The minimum atomic E-state index is -0.113. The van der Waals surface area contributed by atoms with E-state index in [0.717, 1.165) is 40.5 Å². The van der Waals surface area contributed by atoms with Crippen LogP contribution in [0.15, 0.2) is 93.3 Å². The molecular formula is C37H36O2S2. The molecule has 4 aromatic carbocycles. The molecule has 0 atom stereocenters. The number of benzene rings is 4. The second-order valence-electron chi connectivity index (χ2n) is 13.5. The highest BCUT2D eigenvalue weighted by Gasteiger charge is 2.53. The van der Waals surface area contributed by atoms with Crippen molar-refractivity contribution in [2.75, 3.05) is 7.11 Å². The van der Waals surface area contributed by atoms with Crippen LogP contribution in [0.3, 0.4) is 0 Å². The zero-order valence-corrected chi connectivity index (χ0v) is 26.0. The highest BCUT2D eigenvalue weighted by Crippen LogP contribution is 2.65. The molecule has 0 bridgehead atoms. The van der Waals surface area contributed by atoms with Gasteiger partial charge in [0.2, 0.25) is 0 Å². The van der Waals surface area contributed by atoms with Crippen molar-refractivity contribution in [2.45, 2.75) is 61.5 Å². The fourth-order valence-electron chi connectivity index (χ4n) is 8.37. The summed E-state index contributed by atoms with van der Waals surface area (Å²) >= 11 is 3.57. The third kappa shape index (κ3) is 4.38. The number of hydrogen-bond donors (Lipinski definition) is 1. The Labute approximate surface area is 251 Å². The molecule has 2 nitrogen and oxygen atoms in total. The highest BCUT2D eigenvalue weighted by atomic mass is 32.2. The molecule has 4 heteroatoms. The van der Waals surface area contributed by atoms with Gasteiger partial charge in [-0.25, -0.2) is 0 Å². The zero-order chi connectivity index (χ0) is 28.6. The Morgan fingerprint density at radius 3 is 2.17 bits per heavy atom. The van der Waals surface area contributed by atoms with Crippen LogP contribution in [0.25, 0.3) is 33.0 Å². The molecule has 0 radical (unpaired) electrons. The summed E-state index contributed by atoms with van der Waals surface area (Å²) in [6.45, 7) is 9.70. The Bertz CT molecular complexity index is 1760. The number of aromatic hydroxyl groups is 1. The minimum absolute atomic E-state index is 0.113. The average Bonchev–Trinajstić information content (AvgIpc) is 3.52. The predicted octanol–water partition coefficient (Wildman–Crippen LogP) is 10.9. The van der Waals surface area contributed by atoms with Crippen LogP contribution in [0, 0.1) is 10.8 Å². The van der Waals surface area contributed by atoms with Gasteiger partial charge < -0.3 is 9.84 Å². The minimum Gasteiger partial charge on any atom is -0.507 e. The first-order chi connectivity index (χ1) is 19.6. The van der Waals surface area contributed by atoms with Gasteiger partial charge in [-0.1, -0.05) is 81.9 Å². The first kappa shape index (κ1) is 26.7. The zero-order valence-electron chi connectivity index (χ0n) is 24.4. The van der Waals surface area contributed by atoms with Crippen molar-refractivity contribution in [3.05, 3.63) is 95.4 Å². The van der Waals surface area contributed by atoms with Crippen LogP contribution in [0.5, 0.6) is 11.5 Å². The predicted molar refractivity (Wildman–Crippen MR) is 174 cm³/mol. The summed E-state index contributed by atoms with van der Waals surface area (Å²) in [6.07, 6.45) is 3.36. The Hall–Kier alpha value is -3.21. The van der Waals surface area contributed by atoms with E-state index in [2.05, 4.69) is 99.8 Å². The lowest BCUT2D eigenvalue weighted by molar-refractivity contribution is 0.0645. The van der Waals surface area contributed by atoms with Crippen LogP contribution >= 0.6 is 23.1 Å². The van der Waals surface area contributed by atoms with E-state index in [4.69, 9.17) is 4.74 Å². The number of phenolic OH excluding ortho intramolecular Hbond substituents is 1. The molecule has 1 fully saturated rings. The molecule has 1 N–H and O–H groups in total. The Morgan fingerprint density at radius 2 is 1.49 bits per heavy atom. The Kier molecular flexibility index (Phi) is 6.12. The van der Waals surface area contributed by atoms with Crippen LogP contribution in [-0.2, 0) is 5.41 Å². The van der Waals surface area contributed by atoms with E-state index < -0.39 is 0 Å². The normalized spacial score (nSPS) is 17.9. The van der Waals surface area contributed by atoms with Crippen molar-refractivity contribution in [3.8, 4) is 33.8 Å². The van der Waals surface area contributed by atoms with Crippen molar-refractivity contribution in [2.24, 2.45) is 10.8 Å². The maximum Gasteiger partial charge on any atom is 0.123 e. The summed E-state index contributed by atoms with van der Waals surface area (Å²) < 4.78 is 6.69. The summed E-state index contributed by atoms with van der Waals surface area (Å²) in [7, 11) is 1.70. The number of phenols is 1. The summed E-state index contributed by atoms with van der Waals surface area (Å²) in [5.74, 6) is 1.21. The van der Waals surface area contributed by atoms with Crippen molar-refractivity contribution < 1.29 is 9.84 Å². The molecule has 2 aliphatic rings. The monoisotopic (exact) mass is 576 g/mol. The molecule has 41 heavy (non-hydrogen) atoms. The number of thiophene rings is 1. The van der Waals surface area contributed by atoms with Crippen LogP contribution in [0.1, 0.15) is 58.1 Å². The van der Waals surface area contributed by atoms with E-state index in [-0.39, 0.29) is 16.2 Å². The third-order valence-corrected chi connectivity index (χ3v) is 11.2. The fourth-order valence-corrected chi connectivity index (χ4v) is 10.3. The molecule has 7 rings (SSSR count). The number of fused-ring (bicyclic) bond motifs is 7. The lowest BCUT2D eigenvalue weighted by Gasteiger charge is -2.51. The lowest BCUT2D eigenvalue weighted by atomic mass is 9.52. The van der Waals surface area contributed by atoms with E-state index in [1.54, 1.807) is 30.2 Å². The molecule has 0 saturated heterocycles.